The highest BCUT2D eigenvalue weighted by Gasteiger charge is 2.39. The lowest BCUT2D eigenvalue weighted by Crippen LogP contribution is -2.53. The molecule has 54 heavy (non-hydrogen) atoms. The Kier molecular flexibility index (Phi) is 11.5. The lowest BCUT2D eigenvalue weighted by Gasteiger charge is -2.31. The SMILES string of the molecule is COC(=O)N[C@H](C(=O)N1CCC[C@H]1C1=NC=C(c2ccc(-c3ccc(C4=CN=C([C@H]5CCCC[C@H]5C(=O)NCc5cccnc5)C4)cc3)cc2)C1)C(C)C. The highest BCUT2D eigenvalue weighted by atomic mass is 16.5. The van der Waals surface area contributed by atoms with Crippen molar-refractivity contribution in [3.05, 3.63) is 102 Å². The van der Waals surface area contributed by atoms with Crippen LogP contribution in [0.4, 0.5) is 4.79 Å². The van der Waals surface area contributed by atoms with Crippen LogP contribution in [0.1, 0.15) is 81.9 Å². The van der Waals surface area contributed by atoms with E-state index in [-0.39, 0.29) is 35.6 Å². The number of likely N-dealkylation sites (tertiary alicyclic amines) is 1. The number of aromatic nitrogens is 1. The van der Waals surface area contributed by atoms with Crippen LogP contribution in [0, 0.1) is 17.8 Å². The third-order valence-corrected chi connectivity index (χ3v) is 11.4. The van der Waals surface area contributed by atoms with E-state index in [0.29, 0.717) is 19.5 Å². The summed E-state index contributed by atoms with van der Waals surface area (Å²) in [6.45, 7) is 5.00. The summed E-state index contributed by atoms with van der Waals surface area (Å²) in [5, 5.41) is 5.87. The lowest BCUT2D eigenvalue weighted by atomic mass is 9.75. The van der Waals surface area contributed by atoms with Crippen LogP contribution in [0.5, 0.6) is 0 Å². The van der Waals surface area contributed by atoms with E-state index in [9.17, 15) is 14.4 Å². The molecule has 4 atom stereocenters. The Bertz CT molecular complexity index is 1970. The summed E-state index contributed by atoms with van der Waals surface area (Å²) in [7, 11) is 1.31. The van der Waals surface area contributed by atoms with Crippen LogP contribution >= 0.6 is 0 Å². The molecule has 0 radical (unpaired) electrons. The number of nitrogens with zero attached hydrogens (tertiary/aromatic N) is 4. The summed E-state index contributed by atoms with van der Waals surface area (Å²) in [5.41, 5.74) is 10.00. The fraction of sp³-hybridized carbons (Fsp3) is 0.409. The third-order valence-electron chi connectivity index (χ3n) is 11.4. The van der Waals surface area contributed by atoms with Gasteiger partial charge in [0.05, 0.1) is 13.2 Å². The molecule has 4 aliphatic rings. The quantitative estimate of drug-likeness (QED) is 0.211. The maximum absolute atomic E-state index is 13.6. The Balaban J connectivity index is 0.929. The minimum Gasteiger partial charge on any atom is -0.453 e. The van der Waals surface area contributed by atoms with Gasteiger partial charge in [-0.15, -0.1) is 0 Å². The molecule has 280 valence electrons. The molecule has 4 heterocycles. The number of aliphatic imine (C=N–C) groups is 2. The Morgan fingerprint density at radius 3 is 2.07 bits per heavy atom. The molecule has 1 saturated carbocycles. The van der Waals surface area contributed by atoms with E-state index in [0.717, 1.165) is 89.8 Å². The molecule has 10 nitrogen and oxygen atoms in total. The van der Waals surface area contributed by atoms with Crippen molar-refractivity contribution in [2.24, 2.45) is 27.7 Å². The Hall–Kier alpha value is -5.38. The van der Waals surface area contributed by atoms with Crippen LogP contribution in [-0.4, -0.2) is 65.0 Å². The minimum atomic E-state index is -0.646. The number of methoxy groups -OCH3 is 1. The van der Waals surface area contributed by atoms with E-state index >= 15 is 0 Å². The summed E-state index contributed by atoms with van der Waals surface area (Å²) < 4.78 is 4.77. The fourth-order valence-electron chi connectivity index (χ4n) is 8.35. The van der Waals surface area contributed by atoms with Gasteiger partial charge in [-0.05, 0) is 76.6 Å². The Morgan fingerprint density at radius 1 is 0.815 bits per heavy atom. The third kappa shape index (κ3) is 8.22. The summed E-state index contributed by atoms with van der Waals surface area (Å²) in [6, 6.07) is 20.4. The van der Waals surface area contributed by atoms with E-state index in [2.05, 4.69) is 64.1 Å². The maximum Gasteiger partial charge on any atom is 0.407 e. The highest BCUT2D eigenvalue weighted by Crippen LogP contribution is 2.37. The average Bonchev–Trinajstić information content (AvgIpc) is 4.01. The zero-order valence-electron chi connectivity index (χ0n) is 31.5. The Labute approximate surface area is 317 Å². The number of alkyl carbamates (subject to hydrolysis) is 1. The molecule has 2 aromatic carbocycles. The van der Waals surface area contributed by atoms with Crippen molar-refractivity contribution in [3.8, 4) is 11.1 Å². The predicted molar refractivity (Wildman–Crippen MR) is 212 cm³/mol. The van der Waals surface area contributed by atoms with Crippen molar-refractivity contribution in [1.29, 1.82) is 0 Å². The molecule has 0 bridgehead atoms. The van der Waals surface area contributed by atoms with Gasteiger partial charge in [0, 0.05) is 74.0 Å². The van der Waals surface area contributed by atoms with Crippen LogP contribution in [-0.2, 0) is 20.9 Å². The van der Waals surface area contributed by atoms with E-state index in [1.165, 1.54) is 12.7 Å². The molecule has 0 spiro atoms. The number of allylic oxidation sites excluding steroid dienone is 2. The van der Waals surface area contributed by atoms with E-state index in [1.807, 2.05) is 43.3 Å². The molecule has 7 rings (SSSR count). The number of amides is 3. The van der Waals surface area contributed by atoms with Gasteiger partial charge in [-0.25, -0.2) is 4.79 Å². The molecule has 10 heteroatoms. The molecule has 2 N–H and O–H groups in total. The van der Waals surface area contributed by atoms with Gasteiger partial charge in [0.25, 0.3) is 0 Å². The zero-order chi connectivity index (χ0) is 37.6. The van der Waals surface area contributed by atoms with Gasteiger partial charge in [0.2, 0.25) is 11.8 Å². The van der Waals surface area contributed by atoms with Gasteiger partial charge >= 0.3 is 6.09 Å². The number of carbonyl (C=O) groups is 3. The van der Waals surface area contributed by atoms with Crippen molar-refractivity contribution in [1.82, 2.24) is 20.5 Å². The first-order valence-corrected chi connectivity index (χ1v) is 19.3. The second-order valence-electron chi connectivity index (χ2n) is 15.2. The van der Waals surface area contributed by atoms with Crippen molar-refractivity contribution >= 4 is 40.5 Å². The van der Waals surface area contributed by atoms with Crippen LogP contribution in [0.3, 0.4) is 0 Å². The molecule has 3 amide bonds. The average molecular weight is 727 g/mol. The number of benzene rings is 2. The summed E-state index contributed by atoms with van der Waals surface area (Å²) in [5.74, 6) is 0.0786. The van der Waals surface area contributed by atoms with E-state index < -0.39 is 12.1 Å². The molecule has 1 aromatic heterocycles. The predicted octanol–water partition coefficient (Wildman–Crippen LogP) is 7.61. The number of ether oxygens (including phenoxy) is 1. The molecule has 1 saturated heterocycles. The van der Waals surface area contributed by atoms with Gasteiger partial charge in [0.1, 0.15) is 6.04 Å². The summed E-state index contributed by atoms with van der Waals surface area (Å²) in [6.07, 6.45) is 14.2. The monoisotopic (exact) mass is 726 g/mol. The molecular formula is C44H50N6O4. The van der Waals surface area contributed by atoms with Crippen LogP contribution in [0.2, 0.25) is 0 Å². The van der Waals surface area contributed by atoms with Gasteiger partial charge < -0.3 is 20.3 Å². The van der Waals surface area contributed by atoms with Gasteiger partial charge in [-0.3, -0.25) is 24.6 Å². The highest BCUT2D eigenvalue weighted by molar-refractivity contribution is 6.04. The summed E-state index contributed by atoms with van der Waals surface area (Å²) >= 11 is 0. The van der Waals surface area contributed by atoms with Crippen molar-refractivity contribution in [2.45, 2.75) is 83.8 Å². The largest absolute Gasteiger partial charge is 0.453 e. The fourth-order valence-corrected chi connectivity index (χ4v) is 8.35. The van der Waals surface area contributed by atoms with Gasteiger partial charge in [-0.2, -0.15) is 0 Å². The van der Waals surface area contributed by atoms with Crippen LogP contribution < -0.4 is 10.6 Å². The number of nitrogens with one attached hydrogen (secondary N) is 2. The Morgan fingerprint density at radius 2 is 1.44 bits per heavy atom. The second-order valence-corrected chi connectivity index (χ2v) is 15.2. The normalized spacial score (nSPS) is 21.6. The van der Waals surface area contributed by atoms with Gasteiger partial charge in [-0.1, -0.05) is 81.3 Å². The van der Waals surface area contributed by atoms with E-state index in [4.69, 9.17) is 14.7 Å². The number of hydrogen-bond donors (Lipinski definition) is 2. The number of carbonyl (C=O) groups excluding carboxylic acids is 3. The van der Waals surface area contributed by atoms with Crippen molar-refractivity contribution in [2.75, 3.05) is 13.7 Å². The molecule has 0 unspecified atom stereocenters. The van der Waals surface area contributed by atoms with E-state index in [1.54, 1.807) is 12.4 Å². The van der Waals surface area contributed by atoms with Crippen LogP contribution in [0.15, 0.2) is 95.4 Å². The zero-order valence-corrected chi connectivity index (χ0v) is 31.5. The first-order valence-electron chi connectivity index (χ1n) is 19.3. The standard InChI is InChI=1S/C44H50N6O4/c1-28(2)41(49-44(53)54-3)43(52)50-21-7-11-40(50)39-23-35(27-47-39)33-18-14-31(15-19-33)30-12-16-32(17-13-30)34-22-38(46-26-34)36-9-4-5-10-37(36)42(51)48-25-29-8-6-20-45-24-29/h6,8,12-20,24,26-28,36-37,40-41H,4-5,7,9-11,21-23,25H2,1-3H3,(H,48,51)(H,49,53)/t36-,37+,40-,41-/m0/s1. The number of rotatable bonds is 11. The van der Waals surface area contributed by atoms with Crippen molar-refractivity contribution < 1.29 is 19.1 Å². The molecule has 3 aliphatic heterocycles. The number of pyridine rings is 1. The summed E-state index contributed by atoms with van der Waals surface area (Å²) in [4.78, 5) is 54.5. The second kappa shape index (κ2) is 16.7. The smallest absolute Gasteiger partial charge is 0.407 e. The first-order chi connectivity index (χ1) is 26.3. The van der Waals surface area contributed by atoms with Crippen LogP contribution in [0.25, 0.3) is 22.3 Å². The molecule has 2 fully saturated rings. The molecular weight excluding hydrogens is 677 g/mol. The lowest BCUT2D eigenvalue weighted by molar-refractivity contribution is -0.134. The van der Waals surface area contributed by atoms with Crippen molar-refractivity contribution in [3.63, 3.8) is 0 Å². The number of hydrogen-bond acceptors (Lipinski definition) is 7. The molecule has 1 aliphatic carbocycles. The topological polar surface area (TPSA) is 125 Å². The van der Waals surface area contributed by atoms with Gasteiger partial charge in [0.15, 0.2) is 0 Å². The molecule has 3 aromatic rings. The maximum atomic E-state index is 13.6. The first kappa shape index (κ1) is 37.0. The minimum absolute atomic E-state index is 0.0497.